The maximum Gasteiger partial charge on any atom is 0.257 e. The molecule has 0 atom stereocenters. The van der Waals surface area contributed by atoms with Crippen LogP contribution in [0.3, 0.4) is 0 Å². The van der Waals surface area contributed by atoms with Crippen LogP contribution in [0.15, 0.2) is 42.5 Å². The second-order valence-corrected chi connectivity index (χ2v) is 7.75. The standard InChI is InChI=1S/C21H23ClN4O2S/c1-14-4-3-5-16(12-14)20(28)24-21(29)23-17-6-7-19(18(22)13-17)26-10-8-25(9-11-26)15(2)27/h3-7,12-13H,8-11H2,1-2H3,(H2,23,24,28,29). The van der Waals surface area contributed by atoms with Crippen molar-refractivity contribution in [2.24, 2.45) is 0 Å². The van der Waals surface area contributed by atoms with Gasteiger partial charge in [-0.2, -0.15) is 0 Å². The number of halogens is 1. The van der Waals surface area contributed by atoms with Crippen LogP contribution in [0.5, 0.6) is 0 Å². The Hall–Kier alpha value is -2.64. The Balaban J connectivity index is 1.59. The third-order valence-electron chi connectivity index (χ3n) is 4.78. The maximum atomic E-state index is 12.3. The van der Waals surface area contributed by atoms with E-state index in [1.807, 2.05) is 36.1 Å². The SMILES string of the molecule is CC(=O)N1CCN(c2ccc(NC(=S)NC(=O)c3cccc(C)c3)cc2Cl)CC1. The van der Waals surface area contributed by atoms with E-state index in [1.165, 1.54) is 0 Å². The van der Waals surface area contributed by atoms with Gasteiger partial charge >= 0.3 is 0 Å². The van der Waals surface area contributed by atoms with Gasteiger partial charge in [-0.15, -0.1) is 0 Å². The fraction of sp³-hybridized carbons (Fsp3) is 0.286. The minimum absolute atomic E-state index is 0.0940. The number of nitrogens with zero attached hydrogens (tertiary/aromatic N) is 2. The Kier molecular flexibility index (Phi) is 6.71. The third kappa shape index (κ3) is 5.46. The Morgan fingerprint density at radius 2 is 1.79 bits per heavy atom. The van der Waals surface area contributed by atoms with E-state index < -0.39 is 0 Å². The molecule has 0 radical (unpaired) electrons. The average molecular weight is 431 g/mol. The van der Waals surface area contributed by atoms with Gasteiger partial charge in [0, 0.05) is 44.4 Å². The molecule has 152 valence electrons. The van der Waals surface area contributed by atoms with Crippen molar-refractivity contribution in [2.75, 3.05) is 36.4 Å². The number of nitrogens with one attached hydrogen (secondary N) is 2. The predicted molar refractivity (Wildman–Crippen MR) is 121 cm³/mol. The van der Waals surface area contributed by atoms with E-state index in [-0.39, 0.29) is 16.9 Å². The molecule has 2 aromatic carbocycles. The van der Waals surface area contributed by atoms with Crippen LogP contribution >= 0.6 is 23.8 Å². The van der Waals surface area contributed by atoms with Gasteiger partial charge in [0.15, 0.2) is 5.11 Å². The number of piperazine rings is 1. The van der Waals surface area contributed by atoms with Crippen LogP contribution in [0.25, 0.3) is 0 Å². The normalized spacial score (nSPS) is 13.8. The lowest BCUT2D eigenvalue weighted by Gasteiger charge is -2.36. The Morgan fingerprint density at radius 3 is 2.41 bits per heavy atom. The average Bonchev–Trinajstić information content (AvgIpc) is 2.68. The second-order valence-electron chi connectivity index (χ2n) is 6.94. The largest absolute Gasteiger partial charge is 0.367 e. The molecule has 1 aliphatic heterocycles. The Labute approximate surface area is 180 Å². The summed E-state index contributed by atoms with van der Waals surface area (Å²) in [4.78, 5) is 27.8. The van der Waals surface area contributed by atoms with Crippen LogP contribution in [0, 0.1) is 6.92 Å². The first-order valence-corrected chi connectivity index (χ1v) is 10.1. The lowest BCUT2D eigenvalue weighted by atomic mass is 10.1. The molecule has 0 aromatic heterocycles. The van der Waals surface area contributed by atoms with E-state index in [2.05, 4.69) is 15.5 Å². The molecule has 1 aliphatic rings. The first kappa shape index (κ1) is 21.1. The monoisotopic (exact) mass is 430 g/mol. The van der Waals surface area contributed by atoms with E-state index >= 15 is 0 Å². The highest BCUT2D eigenvalue weighted by Gasteiger charge is 2.20. The van der Waals surface area contributed by atoms with E-state index in [9.17, 15) is 9.59 Å². The predicted octanol–water partition coefficient (Wildman–Crippen LogP) is 3.44. The number of benzene rings is 2. The summed E-state index contributed by atoms with van der Waals surface area (Å²) in [5.74, 6) is -0.172. The van der Waals surface area contributed by atoms with Crippen LogP contribution in [-0.2, 0) is 4.79 Å². The molecule has 2 amide bonds. The number of rotatable bonds is 3. The Morgan fingerprint density at radius 1 is 1.07 bits per heavy atom. The van der Waals surface area contributed by atoms with Gasteiger partial charge in [0.25, 0.3) is 5.91 Å². The maximum absolute atomic E-state index is 12.3. The number of amides is 2. The summed E-state index contributed by atoms with van der Waals surface area (Å²) < 4.78 is 0. The zero-order valence-corrected chi connectivity index (χ0v) is 17.9. The highest BCUT2D eigenvalue weighted by Crippen LogP contribution is 2.29. The second kappa shape index (κ2) is 9.24. The molecular weight excluding hydrogens is 408 g/mol. The van der Waals surface area contributed by atoms with Gasteiger partial charge in [-0.05, 0) is 49.5 Å². The minimum Gasteiger partial charge on any atom is -0.367 e. The summed E-state index contributed by atoms with van der Waals surface area (Å²) >= 11 is 11.7. The van der Waals surface area contributed by atoms with Gasteiger partial charge in [-0.3, -0.25) is 14.9 Å². The van der Waals surface area contributed by atoms with Gasteiger partial charge < -0.3 is 15.1 Å². The molecule has 0 unspecified atom stereocenters. The molecule has 1 fully saturated rings. The molecular formula is C21H23ClN4O2S. The van der Waals surface area contributed by atoms with E-state index in [0.29, 0.717) is 29.4 Å². The van der Waals surface area contributed by atoms with Crippen LogP contribution in [-0.4, -0.2) is 48.0 Å². The topological polar surface area (TPSA) is 64.7 Å². The molecule has 1 heterocycles. The van der Waals surface area contributed by atoms with E-state index in [0.717, 1.165) is 24.3 Å². The van der Waals surface area contributed by atoms with Crippen molar-refractivity contribution in [3.63, 3.8) is 0 Å². The Bertz CT molecular complexity index is 942. The molecule has 3 rings (SSSR count). The highest BCUT2D eigenvalue weighted by atomic mass is 35.5. The molecule has 8 heteroatoms. The number of carbonyl (C=O) groups is 2. The first-order valence-electron chi connectivity index (χ1n) is 9.32. The number of aryl methyl sites for hydroxylation is 1. The lowest BCUT2D eigenvalue weighted by molar-refractivity contribution is -0.129. The fourth-order valence-electron chi connectivity index (χ4n) is 3.23. The van der Waals surface area contributed by atoms with Crippen LogP contribution < -0.4 is 15.5 Å². The summed E-state index contributed by atoms with van der Waals surface area (Å²) in [5, 5.41) is 6.46. The number of hydrogen-bond donors (Lipinski definition) is 2. The quantitative estimate of drug-likeness (QED) is 0.730. The third-order valence-corrected chi connectivity index (χ3v) is 5.29. The van der Waals surface area contributed by atoms with Crippen molar-refractivity contribution < 1.29 is 9.59 Å². The summed E-state index contributed by atoms with van der Waals surface area (Å²) in [7, 11) is 0. The zero-order chi connectivity index (χ0) is 21.0. The van der Waals surface area contributed by atoms with Crippen molar-refractivity contribution in [2.45, 2.75) is 13.8 Å². The molecule has 2 aromatic rings. The molecule has 2 N–H and O–H groups in total. The number of hydrogen-bond acceptors (Lipinski definition) is 4. The zero-order valence-electron chi connectivity index (χ0n) is 16.4. The minimum atomic E-state index is -0.266. The summed E-state index contributed by atoms with van der Waals surface area (Å²) in [5.41, 5.74) is 3.15. The van der Waals surface area contributed by atoms with Gasteiger partial charge in [0.1, 0.15) is 0 Å². The number of anilines is 2. The van der Waals surface area contributed by atoms with Gasteiger partial charge in [-0.25, -0.2) is 0 Å². The van der Waals surface area contributed by atoms with Crippen molar-refractivity contribution in [3.05, 3.63) is 58.6 Å². The van der Waals surface area contributed by atoms with Crippen molar-refractivity contribution >= 4 is 52.1 Å². The summed E-state index contributed by atoms with van der Waals surface area (Å²) in [6.07, 6.45) is 0. The molecule has 0 bridgehead atoms. The van der Waals surface area contributed by atoms with Gasteiger partial charge in [-0.1, -0.05) is 29.3 Å². The van der Waals surface area contributed by atoms with Crippen molar-refractivity contribution in [1.29, 1.82) is 0 Å². The summed E-state index contributed by atoms with van der Waals surface area (Å²) in [6.45, 7) is 6.34. The molecule has 0 spiro atoms. The molecule has 6 nitrogen and oxygen atoms in total. The van der Waals surface area contributed by atoms with Crippen molar-refractivity contribution in [1.82, 2.24) is 10.2 Å². The molecule has 29 heavy (non-hydrogen) atoms. The van der Waals surface area contributed by atoms with Crippen molar-refractivity contribution in [3.8, 4) is 0 Å². The first-order chi connectivity index (χ1) is 13.8. The lowest BCUT2D eigenvalue weighted by Crippen LogP contribution is -2.48. The van der Waals surface area contributed by atoms with Crippen LogP contribution in [0.2, 0.25) is 5.02 Å². The molecule has 0 aliphatic carbocycles. The highest BCUT2D eigenvalue weighted by molar-refractivity contribution is 7.80. The van der Waals surface area contributed by atoms with E-state index in [4.69, 9.17) is 23.8 Å². The van der Waals surface area contributed by atoms with Crippen LogP contribution in [0.4, 0.5) is 11.4 Å². The van der Waals surface area contributed by atoms with Gasteiger partial charge in [0.05, 0.1) is 10.7 Å². The number of carbonyl (C=O) groups excluding carboxylic acids is 2. The fourth-order valence-corrected chi connectivity index (χ4v) is 3.74. The van der Waals surface area contributed by atoms with Gasteiger partial charge in [0.2, 0.25) is 5.91 Å². The summed E-state index contributed by atoms with van der Waals surface area (Å²) in [6, 6.07) is 12.9. The molecule has 1 saturated heterocycles. The van der Waals surface area contributed by atoms with Crippen LogP contribution in [0.1, 0.15) is 22.8 Å². The number of thiocarbonyl (C=S) groups is 1. The van der Waals surface area contributed by atoms with E-state index in [1.54, 1.807) is 25.1 Å². The smallest absolute Gasteiger partial charge is 0.257 e. The molecule has 0 saturated carbocycles.